The number of likely N-dealkylation sites (N-methyl/N-ethyl adjacent to an activating group) is 1. The molecule has 0 saturated heterocycles. The van der Waals surface area contributed by atoms with E-state index in [4.69, 9.17) is 11.6 Å². The molecule has 2 rings (SSSR count). The molecule has 1 N–H and O–H groups in total. The standard InChI is InChI=1S/C17H17BrClFN2O/c1-22(2)16(12-5-3-4-6-14(12)19)10-21-17(23)13-9-11(18)7-8-15(13)20/h3-9,16H,10H2,1-2H3,(H,21,23). The zero-order valence-corrected chi connectivity index (χ0v) is 15.2. The number of nitrogens with zero attached hydrogens (tertiary/aromatic N) is 1. The van der Waals surface area contributed by atoms with Crippen molar-refractivity contribution in [1.82, 2.24) is 10.2 Å². The van der Waals surface area contributed by atoms with Crippen LogP contribution in [0.5, 0.6) is 0 Å². The highest BCUT2D eigenvalue weighted by atomic mass is 79.9. The Kier molecular flexibility index (Phi) is 6.16. The van der Waals surface area contributed by atoms with Crippen LogP contribution in [0.15, 0.2) is 46.9 Å². The second kappa shape index (κ2) is 7.90. The van der Waals surface area contributed by atoms with E-state index in [1.807, 2.05) is 43.3 Å². The van der Waals surface area contributed by atoms with Gasteiger partial charge in [-0.25, -0.2) is 4.39 Å². The number of hydrogen-bond acceptors (Lipinski definition) is 2. The van der Waals surface area contributed by atoms with Crippen LogP contribution in [0.25, 0.3) is 0 Å². The number of carbonyl (C=O) groups excluding carboxylic acids is 1. The molecule has 122 valence electrons. The van der Waals surface area contributed by atoms with E-state index in [0.717, 1.165) is 5.56 Å². The van der Waals surface area contributed by atoms with Crippen LogP contribution in [0.2, 0.25) is 5.02 Å². The van der Waals surface area contributed by atoms with Gasteiger partial charge in [0.1, 0.15) is 5.82 Å². The first-order valence-corrected chi connectivity index (χ1v) is 8.21. The SMILES string of the molecule is CN(C)C(CNC(=O)c1cc(Br)ccc1F)c1ccccc1Cl. The maximum absolute atomic E-state index is 13.8. The van der Waals surface area contributed by atoms with Gasteiger partial charge in [-0.3, -0.25) is 4.79 Å². The third kappa shape index (κ3) is 4.53. The van der Waals surface area contributed by atoms with Crippen LogP contribution in [0.4, 0.5) is 4.39 Å². The molecule has 23 heavy (non-hydrogen) atoms. The Bertz CT molecular complexity index is 709. The minimum atomic E-state index is -0.551. The summed E-state index contributed by atoms with van der Waals surface area (Å²) < 4.78 is 14.4. The van der Waals surface area contributed by atoms with Gasteiger partial charge in [0.05, 0.1) is 11.6 Å². The molecule has 1 amide bonds. The van der Waals surface area contributed by atoms with Crippen LogP contribution in [-0.2, 0) is 0 Å². The van der Waals surface area contributed by atoms with Crippen molar-refractivity contribution in [2.45, 2.75) is 6.04 Å². The van der Waals surface area contributed by atoms with E-state index in [-0.39, 0.29) is 11.6 Å². The molecule has 6 heteroatoms. The van der Waals surface area contributed by atoms with Crippen LogP contribution < -0.4 is 5.32 Å². The van der Waals surface area contributed by atoms with Crippen molar-refractivity contribution in [3.05, 3.63) is 68.9 Å². The van der Waals surface area contributed by atoms with E-state index in [2.05, 4.69) is 21.2 Å². The molecule has 0 heterocycles. The number of nitrogens with one attached hydrogen (secondary N) is 1. The summed E-state index contributed by atoms with van der Waals surface area (Å²) in [6, 6.07) is 11.6. The van der Waals surface area contributed by atoms with Crippen molar-refractivity contribution in [2.75, 3.05) is 20.6 Å². The van der Waals surface area contributed by atoms with Crippen LogP contribution >= 0.6 is 27.5 Å². The summed E-state index contributed by atoms with van der Waals surface area (Å²) in [5.74, 6) is -1.01. The Balaban J connectivity index is 2.15. The quantitative estimate of drug-likeness (QED) is 0.814. The lowest BCUT2D eigenvalue weighted by Crippen LogP contribution is -2.35. The zero-order chi connectivity index (χ0) is 17.0. The van der Waals surface area contributed by atoms with Gasteiger partial charge in [0.25, 0.3) is 5.91 Å². The third-order valence-electron chi connectivity index (χ3n) is 3.52. The van der Waals surface area contributed by atoms with Gasteiger partial charge < -0.3 is 10.2 Å². The number of rotatable bonds is 5. The first-order valence-electron chi connectivity index (χ1n) is 7.04. The molecule has 2 aromatic carbocycles. The van der Waals surface area contributed by atoms with Gasteiger partial charge in [-0.05, 0) is 43.9 Å². The molecule has 3 nitrogen and oxygen atoms in total. The molecule has 0 aliphatic rings. The van der Waals surface area contributed by atoms with E-state index >= 15 is 0 Å². The average molecular weight is 400 g/mol. The molecule has 2 aromatic rings. The van der Waals surface area contributed by atoms with Gasteiger partial charge in [-0.2, -0.15) is 0 Å². The second-order valence-corrected chi connectivity index (χ2v) is 6.66. The molecular weight excluding hydrogens is 383 g/mol. The number of carbonyl (C=O) groups is 1. The molecule has 0 bridgehead atoms. The van der Waals surface area contributed by atoms with E-state index in [0.29, 0.717) is 16.0 Å². The van der Waals surface area contributed by atoms with Crippen LogP contribution in [-0.4, -0.2) is 31.4 Å². The van der Waals surface area contributed by atoms with Crippen LogP contribution in [0.3, 0.4) is 0 Å². The number of hydrogen-bond donors (Lipinski definition) is 1. The molecule has 1 atom stereocenters. The van der Waals surface area contributed by atoms with Crippen LogP contribution in [0, 0.1) is 5.82 Å². The Labute approximate surface area is 148 Å². The van der Waals surface area contributed by atoms with Crippen molar-refractivity contribution >= 4 is 33.4 Å². The third-order valence-corrected chi connectivity index (χ3v) is 4.35. The zero-order valence-electron chi connectivity index (χ0n) is 12.8. The highest BCUT2D eigenvalue weighted by Crippen LogP contribution is 2.25. The smallest absolute Gasteiger partial charge is 0.254 e. The maximum Gasteiger partial charge on any atom is 0.254 e. The summed E-state index contributed by atoms with van der Waals surface area (Å²) >= 11 is 9.48. The summed E-state index contributed by atoms with van der Waals surface area (Å²) in [5.41, 5.74) is 0.922. The van der Waals surface area contributed by atoms with E-state index in [1.165, 1.54) is 12.1 Å². The topological polar surface area (TPSA) is 32.3 Å². The van der Waals surface area contributed by atoms with Gasteiger partial charge in [0.2, 0.25) is 0 Å². The van der Waals surface area contributed by atoms with Crippen LogP contribution in [0.1, 0.15) is 22.0 Å². The van der Waals surface area contributed by atoms with Gasteiger partial charge in [0, 0.05) is 16.0 Å². The van der Waals surface area contributed by atoms with E-state index in [1.54, 1.807) is 6.07 Å². The average Bonchev–Trinajstić information content (AvgIpc) is 2.51. The summed E-state index contributed by atoms with van der Waals surface area (Å²) in [6.45, 7) is 0.321. The molecule has 1 unspecified atom stereocenters. The normalized spacial score (nSPS) is 12.3. The van der Waals surface area contributed by atoms with E-state index < -0.39 is 11.7 Å². The summed E-state index contributed by atoms with van der Waals surface area (Å²) in [7, 11) is 3.81. The highest BCUT2D eigenvalue weighted by Gasteiger charge is 2.19. The maximum atomic E-state index is 13.8. The Morgan fingerprint density at radius 1 is 1.30 bits per heavy atom. The fourth-order valence-electron chi connectivity index (χ4n) is 2.27. The number of amides is 1. The molecule has 0 aromatic heterocycles. The first kappa shape index (κ1) is 17.9. The summed E-state index contributed by atoms with van der Waals surface area (Å²) in [4.78, 5) is 14.2. The minimum absolute atomic E-state index is 0.0102. The van der Waals surface area contributed by atoms with Gasteiger partial charge >= 0.3 is 0 Å². The predicted molar refractivity (Wildman–Crippen MR) is 94.3 cm³/mol. The van der Waals surface area contributed by atoms with Gasteiger partial charge in [0.15, 0.2) is 0 Å². The molecular formula is C17H17BrClFN2O. The lowest BCUT2D eigenvalue weighted by atomic mass is 10.1. The van der Waals surface area contributed by atoms with Gasteiger partial charge in [-0.15, -0.1) is 0 Å². The fraction of sp³-hybridized carbons (Fsp3) is 0.235. The molecule has 0 radical (unpaired) electrons. The number of benzene rings is 2. The molecule has 0 aliphatic heterocycles. The van der Waals surface area contributed by atoms with Crippen molar-refractivity contribution in [3.63, 3.8) is 0 Å². The fourth-order valence-corrected chi connectivity index (χ4v) is 2.89. The molecule has 0 aliphatic carbocycles. The van der Waals surface area contributed by atoms with Gasteiger partial charge in [-0.1, -0.05) is 45.7 Å². The van der Waals surface area contributed by atoms with Crippen molar-refractivity contribution < 1.29 is 9.18 Å². The Morgan fingerprint density at radius 2 is 2.00 bits per heavy atom. The Hall–Kier alpha value is -1.43. The predicted octanol–water partition coefficient (Wildman–Crippen LogP) is 4.27. The number of halogens is 3. The minimum Gasteiger partial charge on any atom is -0.350 e. The van der Waals surface area contributed by atoms with Crippen molar-refractivity contribution in [3.8, 4) is 0 Å². The lowest BCUT2D eigenvalue weighted by molar-refractivity contribution is 0.0938. The van der Waals surface area contributed by atoms with Crippen molar-refractivity contribution in [2.24, 2.45) is 0 Å². The molecule has 0 saturated carbocycles. The summed E-state index contributed by atoms with van der Waals surface area (Å²) in [6.07, 6.45) is 0. The molecule has 0 spiro atoms. The molecule has 0 fully saturated rings. The Morgan fingerprint density at radius 3 is 2.65 bits per heavy atom. The monoisotopic (exact) mass is 398 g/mol. The highest BCUT2D eigenvalue weighted by molar-refractivity contribution is 9.10. The van der Waals surface area contributed by atoms with Crippen molar-refractivity contribution in [1.29, 1.82) is 0 Å². The lowest BCUT2D eigenvalue weighted by Gasteiger charge is -2.26. The second-order valence-electron chi connectivity index (χ2n) is 5.34. The summed E-state index contributed by atoms with van der Waals surface area (Å²) in [5, 5.41) is 3.41. The first-order chi connectivity index (χ1) is 10.9. The van der Waals surface area contributed by atoms with E-state index in [9.17, 15) is 9.18 Å². The largest absolute Gasteiger partial charge is 0.350 e.